The van der Waals surface area contributed by atoms with Gasteiger partial charge in [-0.2, -0.15) is 0 Å². The third kappa shape index (κ3) is 4.12. The summed E-state index contributed by atoms with van der Waals surface area (Å²) in [6.07, 6.45) is 9.70. The number of hydrogen-bond acceptors (Lipinski definition) is 4. The van der Waals surface area contributed by atoms with Gasteiger partial charge in [0.15, 0.2) is 0 Å². The molecule has 1 heterocycles. The minimum absolute atomic E-state index is 0.726. The Balaban J connectivity index is 2.00. The van der Waals surface area contributed by atoms with E-state index in [1.54, 1.807) is 0 Å². The lowest BCUT2D eigenvalue weighted by molar-refractivity contribution is 0.515. The zero-order valence-electron chi connectivity index (χ0n) is 10.8. The average Bonchev–Trinajstić information content (AvgIpc) is 2.41. The first-order valence-electron chi connectivity index (χ1n) is 6.72. The fourth-order valence-corrected chi connectivity index (χ4v) is 3.76. The number of aromatic nitrogens is 2. The van der Waals surface area contributed by atoms with Gasteiger partial charge in [-0.25, -0.2) is 9.97 Å². The third-order valence-electron chi connectivity index (χ3n) is 3.08. The number of anilines is 1. The quantitative estimate of drug-likeness (QED) is 0.808. The standard InChI is InChI=1S/C13H20BrN3S/c1-2-8-15-13-16-9-11(14)12(17-13)18-10-6-4-3-5-7-10/h9-10H,2-8H2,1H3,(H,15,16,17). The topological polar surface area (TPSA) is 37.8 Å². The summed E-state index contributed by atoms with van der Waals surface area (Å²) in [5.41, 5.74) is 0. The number of halogens is 1. The molecule has 0 amide bonds. The molecule has 1 N–H and O–H groups in total. The van der Waals surface area contributed by atoms with E-state index >= 15 is 0 Å². The van der Waals surface area contributed by atoms with E-state index in [9.17, 15) is 0 Å². The van der Waals surface area contributed by atoms with E-state index in [1.165, 1.54) is 32.1 Å². The summed E-state index contributed by atoms with van der Waals surface area (Å²) < 4.78 is 1.01. The Morgan fingerprint density at radius 2 is 2.17 bits per heavy atom. The second-order valence-corrected chi connectivity index (χ2v) is 6.79. The van der Waals surface area contributed by atoms with E-state index in [1.807, 2.05) is 18.0 Å². The maximum atomic E-state index is 4.60. The van der Waals surface area contributed by atoms with Crippen LogP contribution >= 0.6 is 27.7 Å². The van der Waals surface area contributed by atoms with Gasteiger partial charge < -0.3 is 5.32 Å². The fourth-order valence-electron chi connectivity index (χ4n) is 2.10. The first-order chi connectivity index (χ1) is 8.79. The zero-order chi connectivity index (χ0) is 12.8. The maximum absolute atomic E-state index is 4.60. The third-order valence-corrected chi connectivity index (χ3v) is 5.26. The number of thioether (sulfide) groups is 1. The van der Waals surface area contributed by atoms with Crippen LogP contribution in [0, 0.1) is 0 Å². The molecule has 1 aromatic rings. The van der Waals surface area contributed by atoms with Crippen molar-refractivity contribution in [2.24, 2.45) is 0 Å². The van der Waals surface area contributed by atoms with E-state index in [-0.39, 0.29) is 0 Å². The molecule has 1 saturated carbocycles. The fraction of sp³-hybridized carbons (Fsp3) is 0.692. The summed E-state index contributed by atoms with van der Waals surface area (Å²) in [5, 5.41) is 5.05. The van der Waals surface area contributed by atoms with Gasteiger partial charge in [0, 0.05) is 18.0 Å². The van der Waals surface area contributed by atoms with Crippen LogP contribution in [0.2, 0.25) is 0 Å². The van der Waals surface area contributed by atoms with Crippen LogP contribution in [-0.2, 0) is 0 Å². The van der Waals surface area contributed by atoms with Crippen LogP contribution in [0.5, 0.6) is 0 Å². The molecule has 3 nitrogen and oxygen atoms in total. The molecule has 1 aliphatic carbocycles. The molecule has 0 aliphatic heterocycles. The van der Waals surface area contributed by atoms with E-state index in [2.05, 4.69) is 38.1 Å². The average molecular weight is 330 g/mol. The van der Waals surface area contributed by atoms with Gasteiger partial charge in [0.25, 0.3) is 0 Å². The molecule has 0 bridgehead atoms. The number of rotatable bonds is 5. The normalized spacial score (nSPS) is 16.8. The van der Waals surface area contributed by atoms with E-state index < -0.39 is 0 Å². The Hall–Kier alpha value is -0.290. The maximum Gasteiger partial charge on any atom is 0.223 e. The highest BCUT2D eigenvalue weighted by Gasteiger charge is 2.17. The molecule has 1 fully saturated rings. The Bertz CT molecular complexity index is 380. The second-order valence-electron chi connectivity index (χ2n) is 4.65. The highest BCUT2D eigenvalue weighted by atomic mass is 79.9. The minimum Gasteiger partial charge on any atom is -0.354 e. The smallest absolute Gasteiger partial charge is 0.223 e. The Morgan fingerprint density at radius 3 is 2.89 bits per heavy atom. The first-order valence-corrected chi connectivity index (χ1v) is 8.40. The van der Waals surface area contributed by atoms with E-state index in [4.69, 9.17) is 0 Å². The Labute approximate surface area is 122 Å². The van der Waals surface area contributed by atoms with Crippen molar-refractivity contribution in [3.63, 3.8) is 0 Å². The zero-order valence-corrected chi connectivity index (χ0v) is 13.2. The van der Waals surface area contributed by atoms with Gasteiger partial charge in [-0.3, -0.25) is 0 Å². The molecule has 0 radical (unpaired) electrons. The van der Waals surface area contributed by atoms with Crippen molar-refractivity contribution in [1.82, 2.24) is 9.97 Å². The van der Waals surface area contributed by atoms with Gasteiger partial charge >= 0.3 is 0 Å². The SMILES string of the molecule is CCCNc1ncc(Br)c(SC2CCCCC2)n1. The molecule has 2 rings (SSSR count). The van der Waals surface area contributed by atoms with Crippen molar-refractivity contribution in [3.8, 4) is 0 Å². The number of nitrogens with one attached hydrogen (secondary N) is 1. The van der Waals surface area contributed by atoms with Crippen LogP contribution in [-0.4, -0.2) is 21.8 Å². The van der Waals surface area contributed by atoms with Crippen LogP contribution < -0.4 is 5.32 Å². The monoisotopic (exact) mass is 329 g/mol. The number of hydrogen-bond donors (Lipinski definition) is 1. The molecule has 0 unspecified atom stereocenters. The molecule has 18 heavy (non-hydrogen) atoms. The summed E-state index contributed by atoms with van der Waals surface area (Å²) in [5.74, 6) is 0.748. The van der Waals surface area contributed by atoms with Crippen LogP contribution in [0.1, 0.15) is 45.4 Å². The second kappa shape index (κ2) is 7.34. The molecule has 0 aromatic carbocycles. The summed E-state index contributed by atoms with van der Waals surface area (Å²) in [4.78, 5) is 8.88. The Kier molecular flexibility index (Phi) is 5.76. The van der Waals surface area contributed by atoms with Crippen molar-refractivity contribution in [2.75, 3.05) is 11.9 Å². The van der Waals surface area contributed by atoms with Gasteiger partial charge in [0.2, 0.25) is 5.95 Å². The van der Waals surface area contributed by atoms with Crippen molar-refractivity contribution >= 4 is 33.6 Å². The molecule has 100 valence electrons. The summed E-state index contributed by atoms with van der Waals surface area (Å²) in [6, 6.07) is 0. The molecule has 0 saturated heterocycles. The highest BCUT2D eigenvalue weighted by Crippen LogP contribution is 2.36. The van der Waals surface area contributed by atoms with Crippen molar-refractivity contribution in [2.45, 2.75) is 55.7 Å². The van der Waals surface area contributed by atoms with Gasteiger partial charge in [-0.15, -0.1) is 11.8 Å². The summed E-state index contributed by atoms with van der Waals surface area (Å²) in [7, 11) is 0. The molecular formula is C13H20BrN3S. The lowest BCUT2D eigenvalue weighted by atomic mass is 10.0. The van der Waals surface area contributed by atoms with E-state index in [0.717, 1.165) is 33.7 Å². The summed E-state index contributed by atoms with van der Waals surface area (Å²) >= 11 is 5.45. The number of nitrogens with zero attached hydrogens (tertiary/aromatic N) is 2. The first kappa shape index (κ1) is 14.1. The molecule has 1 aromatic heterocycles. The van der Waals surface area contributed by atoms with Crippen LogP contribution in [0.3, 0.4) is 0 Å². The molecule has 5 heteroatoms. The lowest BCUT2D eigenvalue weighted by Crippen LogP contribution is -2.09. The van der Waals surface area contributed by atoms with Crippen molar-refractivity contribution < 1.29 is 0 Å². The molecule has 1 aliphatic rings. The Morgan fingerprint density at radius 1 is 1.39 bits per heavy atom. The predicted molar refractivity (Wildman–Crippen MR) is 81.2 cm³/mol. The predicted octanol–water partition coefficient (Wildman–Crippen LogP) is 4.49. The molecular weight excluding hydrogens is 310 g/mol. The van der Waals surface area contributed by atoms with Gasteiger partial charge in [0.1, 0.15) is 5.03 Å². The lowest BCUT2D eigenvalue weighted by Gasteiger charge is -2.21. The van der Waals surface area contributed by atoms with Crippen molar-refractivity contribution in [1.29, 1.82) is 0 Å². The summed E-state index contributed by atoms with van der Waals surface area (Å²) in [6.45, 7) is 3.07. The van der Waals surface area contributed by atoms with Crippen molar-refractivity contribution in [3.05, 3.63) is 10.7 Å². The van der Waals surface area contributed by atoms with Gasteiger partial charge in [-0.1, -0.05) is 26.2 Å². The van der Waals surface area contributed by atoms with Gasteiger partial charge in [-0.05, 0) is 35.2 Å². The van der Waals surface area contributed by atoms with Crippen LogP contribution in [0.4, 0.5) is 5.95 Å². The minimum atomic E-state index is 0.726. The molecule has 0 atom stereocenters. The largest absolute Gasteiger partial charge is 0.354 e. The highest BCUT2D eigenvalue weighted by molar-refractivity contribution is 9.10. The van der Waals surface area contributed by atoms with Crippen LogP contribution in [0.15, 0.2) is 15.7 Å². The molecule has 0 spiro atoms. The van der Waals surface area contributed by atoms with E-state index in [0.29, 0.717) is 0 Å². The van der Waals surface area contributed by atoms with Gasteiger partial charge in [0.05, 0.1) is 4.47 Å². The van der Waals surface area contributed by atoms with Crippen LogP contribution in [0.25, 0.3) is 0 Å².